The highest BCUT2D eigenvalue weighted by Gasteiger charge is 2.09. The van der Waals surface area contributed by atoms with Crippen molar-refractivity contribution in [3.8, 4) is 0 Å². The zero-order valence-electron chi connectivity index (χ0n) is 10.1. The number of rotatable bonds is 3. The van der Waals surface area contributed by atoms with E-state index in [0.29, 0.717) is 5.82 Å². The van der Waals surface area contributed by atoms with Crippen LogP contribution in [0.2, 0.25) is 0 Å². The minimum Gasteiger partial charge on any atom is -0.478 e. The Morgan fingerprint density at radius 2 is 2.21 bits per heavy atom. The van der Waals surface area contributed by atoms with Crippen molar-refractivity contribution >= 4 is 39.1 Å². The summed E-state index contributed by atoms with van der Waals surface area (Å²) in [5.74, 6) is -0.626. The Hall–Kier alpha value is -2.08. The average Bonchev–Trinajstić information content (AvgIpc) is 2.37. The van der Waals surface area contributed by atoms with Gasteiger partial charge in [0.2, 0.25) is 0 Å². The Morgan fingerprint density at radius 1 is 1.47 bits per heavy atom. The van der Waals surface area contributed by atoms with Gasteiger partial charge in [-0.2, -0.15) is 0 Å². The molecule has 0 aliphatic carbocycles. The molecule has 0 unspecified atom stereocenters. The molecule has 2 aromatic rings. The van der Waals surface area contributed by atoms with Crippen LogP contribution in [0.3, 0.4) is 0 Å². The van der Waals surface area contributed by atoms with Crippen molar-refractivity contribution in [1.82, 2.24) is 4.98 Å². The van der Waals surface area contributed by atoms with Crippen LogP contribution in [-0.2, 0) is 0 Å². The Bertz CT molecular complexity index is 644. The monoisotopic (exact) mass is 321 g/mol. The summed E-state index contributed by atoms with van der Waals surface area (Å²) in [4.78, 5) is 14.8. The number of carboxylic acids is 1. The maximum absolute atomic E-state index is 10.8. The van der Waals surface area contributed by atoms with Crippen LogP contribution in [0.15, 0.2) is 34.9 Å². The van der Waals surface area contributed by atoms with Crippen LogP contribution in [0.5, 0.6) is 0 Å². The third-order valence-electron chi connectivity index (χ3n) is 2.61. The van der Waals surface area contributed by atoms with Crippen molar-refractivity contribution in [3.63, 3.8) is 0 Å². The van der Waals surface area contributed by atoms with Crippen molar-refractivity contribution < 1.29 is 9.90 Å². The largest absolute Gasteiger partial charge is 0.478 e. The van der Waals surface area contributed by atoms with Crippen LogP contribution in [0.1, 0.15) is 15.9 Å². The molecule has 5 nitrogen and oxygen atoms in total. The van der Waals surface area contributed by atoms with Crippen LogP contribution in [0, 0.1) is 6.92 Å². The van der Waals surface area contributed by atoms with Crippen molar-refractivity contribution in [1.29, 1.82) is 0 Å². The number of carbonyl (C=O) groups is 1. The molecule has 0 saturated carbocycles. The number of aromatic nitrogens is 1. The summed E-state index contributed by atoms with van der Waals surface area (Å²) in [5.41, 5.74) is 8.03. The third-order valence-corrected chi connectivity index (χ3v) is 3.66. The fourth-order valence-electron chi connectivity index (χ4n) is 1.57. The van der Waals surface area contributed by atoms with Crippen LogP contribution in [0.4, 0.5) is 17.2 Å². The molecule has 4 N–H and O–H groups in total. The molecule has 6 heteroatoms. The van der Waals surface area contributed by atoms with Gasteiger partial charge in [0.25, 0.3) is 0 Å². The van der Waals surface area contributed by atoms with Gasteiger partial charge in [-0.25, -0.2) is 9.78 Å². The van der Waals surface area contributed by atoms with Crippen molar-refractivity contribution in [3.05, 3.63) is 46.1 Å². The minimum absolute atomic E-state index is 0.0614. The van der Waals surface area contributed by atoms with E-state index in [0.717, 1.165) is 15.7 Å². The van der Waals surface area contributed by atoms with Crippen LogP contribution in [-0.4, -0.2) is 16.1 Å². The SMILES string of the molecule is Cc1cccc(Nc2ncc(C(=O)O)cc2N)c1Br. The summed E-state index contributed by atoms with van der Waals surface area (Å²) < 4.78 is 0.915. The van der Waals surface area contributed by atoms with Gasteiger partial charge < -0.3 is 16.2 Å². The number of hydrogen-bond donors (Lipinski definition) is 3. The first-order valence-electron chi connectivity index (χ1n) is 5.50. The van der Waals surface area contributed by atoms with Crippen LogP contribution < -0.4 is 11.1 Å². The van der Waals surface area contributed by atoms with Crippen LogP contribution in [0.25, 0.3) is 0 Å². The molecule has 0 aliphatic heterocycles. The number of nitrogens with two attached hydrogens (primary N) is 1. The lowest BCUT2D eigenvalue weighted by Gasteiger charge is -2.11. The van der Waals surface area contributed by atoms with Gasteiger partial charge in [0.05, 0.1) is 16.9 Å². The summed E-state index contributed by atoms with van der Waals surface area (Å²) in [5, 5.41) is 11.9. The first kappa shape index (κ1) is 13.4. The van der Waals surface area contributed by atoms with Gasteiger partial charge in [-0.1, -0.05) is 12.1 Å². The molecular weight excluding hydrogens is 310 g/mol. The molecule has 0 atom stereocenters. The number of aromatic carboxylic acids is 1. The van der Waals surface area contributed by atoms with Gasteiger partial charge >= 0.3 is 5.97 Å². The van der Waals surface area contributed by atoms with Gasteiger partial charge in [0.15, 0.2) is 5.82 Å². The zero-order chi connectivity index (χ0) is 14.0. The van der Waals surface area contributed by atoms with Gasteiger partial charge in [-0.15, -0.1) is 0 Å². The second kappa shape index (κ2) is 5.27. The second-order valence-electron chi connectivity index (χ2n) is 4.03. The molecule has 0 saturated heterocycles. The Morgan fingerprint density at radius 3 is 2.84 bits per heavy atom. The summed E-state index contributed by atoms with van der Waals surface area (Å²) in [6.07, 6.45) is 1.27. The number of anilines is 3. The molecule has 0 spiro atoms. The van der Waals surface area contributed by atoms with Crippen molar-refractivity contribution in [2.45, 2.75) is 6.92 Å². The van der Waals surface area contributed by atoms with Crippen molar-refractivity contribution in [2.75, 3.05) is 11.1 Å². The third kappa shape index (κ3) is 2.85. The van der Waals surface area contributed by atoms with Crippen LogP contribution >= 0.6 is 15.9 Å². The molecule has 0 fully saturated rings. The highest BCUT2D eigenvalue weighted by Crippen LogP contribution is 2.29. The first-order chi connectivity index (χ1) is 8.99. The number of nitrogen functional groups attached to an aromatic ring is 1. The summed E-state index contributed by atoms with van der Waals surface area (Å²) in [6.45, 7) is 1.97. The first-order valence-corrected chi connectivity index (χ1v) is 6.29. The topological polar surface area (TPSA) is 88.2 Å². The number of halogens is 1. The number of pyridine rings is 1. The quantitative estimate of drug-likeness (QED) is 0.808. The van der Waals surface area contributed by atoms with E-state index in [-0.39, 0.29) is 11.3 Å². The normalized spacial score (nSPS) is 10.2. The van der Waals surface area contributed by atoms with Gasteiger partial charge in [0, 0.05) is 10.7 Å². The molecule has 0 aliphatic rings. The highest BCUT2D eigenvalue weighted by atomic mass is 79.9. The zero-order valence-corrected chi connectivity index (χ0v) is 11.7. The molecule has 1 aromatic heterocycles. The number of nitrogens with one attached hydrogen (secondary N) is 1. The van der Waals surface area contributed by atoms with E-state index in [1.165, 1.54) is 12.3 Å². The van der Waals surface area contributed by atoms with E-state index in [1.54, 1.807) is 0 Å². The molecule has 0 amide bonds. The van der Waals surface area contributed by atoms with E-state index in [4.69, 9.17) is 10.8 Å². The van der Waals surface area contributed by atoms with E-state index < -0.39 is 5.97 Å². The lowest BCUT2D eigenvalue weighted by Crippen LogP contribution is -2.04. The Labute approximate surface area is 118 Å². The Kier molecular flexibility index (Phi) is 3.71. The van der Waals surface area contributed by atoms with E-state index in [9.17, 15) is 4.79 Å². The highest BCUT2D eigenvalue weighted by molar-refractivity contribution is 9.10. The number of benzene rings is 1. The maximum atomic E-state index is 10.8. The maximum Gasteiger partial charge on any atom is 0.337 e. The molecule has 98 valence electrons. The fraction of sp³-hybridized carbons (Fsp3) is 0.0769. The Balaban J connectivity index is 2.34. The molecule has 2 rings (SSSR count). The van der Waals surface area contributed by atoms with E-state index in [2.05, 4.69) is 26.2 Å². The lowest BCUT2D eigenvalue weighted by atomic mass is 10.2. The molecule has 0 radical (unpaired) electrons. The van der Waals surface area contributed by atoms with E-state index >= 15 is 0 Å². The summed E-state index contributed by atoms with van der Waals surface area (Å²) in [6, 6.07) is 7.13. The number of carboxylic acid groups (broad SMARTS) is 1. The standard InChI is InChI=1S/C13H12BrN3O2/c1-7-3-2-4-10(11(7)14)17-12-9(15)5-8(6-16-12)13(18)19/h2-6H,15H2,1H3,(H,16,17)(H,18,19). The smallest absolute Gasteiger partial charge is 0.337 e. The predicted molar refractivity (Wildman–Crippen MR) is 77.8 cm³/mol. The number of hydrogen-bond acceptors (Lipinski definition) is 4. The fourth-order valence-corrected chi connectivity index (χ4v) is 1.94. The average molecular weight is 322 g/mol. The van der Waals surface area contributed by atoms with Gasteiger partial charge in [-0.05, 0) is 40.5 Å². The molecule has 0 bridgehead atoms. The predicted octanol–water partition coefficient (Wildman–Crippen LogP) is 3.18. The number of aryl methyl sites for hydroxylation is 1. The van der Waals surface area contributed by atoms with Crippen molar-refractivity contribution in [2.24, 2.45) is 0 Å². The summed E-state index contributed by atoms with van der Waals surface area (Å²) in [7, 11) is 0. The summed E-state index contributed by atoms with van der Waals surface area (Å²) >= 11 is 3.47. The molecule has 1 aromatic carbocycles. The van der Waals surface area contributed by atoms with Gasteiger partial charge in [-0.3, -0.25) is 0 Å². The van der Waals surface area contributed by atoms with Gasteiger partial charge in [0.1, 0.15) is 0 Å². The van der Waals surface area contributed by atoms with E-state index in [1.807, 2.05) is 25.1 Å². The lowest BCUT2D eigenvalue weighted by molar-refractivity contribution is 0.0696. The number of nitrogens with zero attached hydrogens (tertiary/aromatic N) is 1. The molecule has 1 heterocycles. The molecular formula is C13H12BrN3O2. The second-order valence-corrected chi connectivity index (χ2v) is 4.82. The minimum atomic E-state index is -1.05. The molecule has 19 heavy (non-hydrogen) atoms.